The number of nitrogens with zero attached hydrogens (tertiary/aromatic N) is 1. The summed E-state index contributed by atoms with van der Waals surface area (Å²) in [5, 5.41) is 3.10. The Labute approximate surface area is 240 Å². The maximum absolute atomic E-state index is 14.1. The van der Waals surface area contributed by atoms with Gasteiger partial charge in [0, 0.05) is 36.3 Å². The molecule has 1 aliphatic rings. The van der Waals surface area contributed by atoms with Crippen molar-refractivity contribution in [3.05, 3.63) is 102 Å². The second-order valence-electron chi connectivity index (χ2n) is 10.6. The number of para-hydroxylation sites is 1. The van der Waals surface area contributed by atoms with Gasteiger partial charge in [0.05, 0.1) is 23.5 Å². The number of nitrogens with one attached hydrogen (secondary N) is 1. The summed E-state index contributed by atoms with van der Waals surface area (Å²) in [5.41, 5.74) is 5.58. The highest BCUT2D eigenvalue weighted by Gasteiger charge is 2.31. The highest BCUT2D eigenvalue weighted by atomic mass is 19.1. The summed E-state index contributed by atoms with van der Waals surface area (Å²) in [4.78, 5) is 25.2. The van der Waals surface area contributed by atoms with Crippen LogP contribution >= 0.6 is 0 Å². The molecule has 2 atom stereocenters. The van der Waals surface area contributed by atoms with Crippen LogP contribution in [0.5, 0.6) is 0 Å². The van der Waals surface area contributed by atoms with Crippen molar-refractivity contribution in [3.63, 3.8) is 0 Å². The van der Waals surface area contributed by atoms with Crippen molar-refractivity contribution in [2.45, 2.75) is 57.8 Å². The summed E-state index contributed by atoms with van der Waals surface area (Å²) in [5.74, 6) is -0.521. The number of hydrogen-bond donors (Lipinski definition) is 1. The highest BCUT2D eigenvalue weighted by Crippen LogP contribution is 2.42. The van der Waals surface area contributed by atoms with Crippen LogP contribution in [0.15, 0.2) is 84.9 Å². The molecule has 0 saturated carbocycles. The molecule has 4 aromatic rings. The number of amides is 1. The van der Waals surface area contributed by atoms with Crippen LogP contribution in [-0.2, 0) is 20.8 Å². The van der Waals surface area contributed by atoms with Crippen molar-refractivity contribution in [1.82, 2.24) is 4.57 Å². The Morgan fingerprint density at radius 3 is 2.27 bits per heavy atom. The number of rotatable bonds is 10. The van der Waals surface area contributed by atoms with E-state index in [0.29, 0.717) is 37.1 Å². The minimum atomic E-state index is -0.323. The Balaban J connectivity index is 1.67. The lowest BCUT2D eigenvalue weighted by molar-refractivity contribution is -0.178. The van der Waals surface area contributed by atoms with Gasteiger partial charge in [-0.2, -0.15) is 0 Å². The van der Waals surface area contributed by atoms with Crippen LogP contribution in [0.2, 0.25) is 0 Å². The quantitative estimate of drug-likeness (QED) is 0.207. The number of halogens is 1. The smallest absolute Gasteiger partial charge is 0.258 e. The van der Waals surface area contributed by atoms with E-state index in [4.69, 9.17) is 9.47 Å². The zero-order chi connectivity index (χ0) is 28.8. The van der Waals surface area contributed by atoms with E-state index in [9.17, 15) is 14.0 Å². The summed E-state index contributed by atoms with van der Waals surface area (Å²) in [6.45, 7) is 4.88. The van der Waals surface area contributed by atoms with E-state index < -0.39 is 0 Å². The summed E-state index contributed by atoms with van der Waals surface area (Å²) in [7, 11) is 0. The molecule has 1 N–H and O–H groups in total. The van der Waals surface area contributed by atoms with Gasteiger partial charge in [-0.25, -0.2) is 4.39 Å². The molecular weight excluding hydrogens is 519 g/mol. The van der Waals surface area contributed by atoms with Crippen LogP contribution in [0.4, 0.5) is 10.1 Å². The van der Waals surface area contributed by atoms with Gasteiger partial charge in [0.2, 0.25) is 0 Å². The fraction of sp³-hybridized carbons (Fsp3) is 0.294. The normalized spacial score (nSPS) is 17.0. The van der Waals surface area contributed by atoms with Crippen molar-refractivity contribution >= 4 is 17.9 Å². The van der Waals surface area contributed by atoms with Crippen LogP contribution in [0.1, 0.15) is 55.1 Å². The van der Waals surface area contributed by atoms with Gasteiger partial charge in [-0.1, -0.05) is 62.4 Å². The minimum absolute atomic E-state index is 0.00148. The van der Waals surface area contributed by atoms with E-state index >= 15 is 0 Å². The third-order valence-corrected chi connectivity index (χ3v) is 7.46. The number of hydrogen-bond acceptors (Lipinski definition) is 4. The maximum atomic E-state index is 14.1. The topological polar surface area (TPSA) is 69.6 Å². The van der Waals surface area contributed by atoms with E-state index in [1.165, 1.54) is 12.1 Å². The van der Waals surface area contributed by atoms with Crippen LogP contribution in [0.3, 0.4) is 0 Å². The molecule has 7 heteroatoms. The van der Waals surface area contributed by atoms with Crippen LogP contribution in [-0.4, -0.2) is 35.8 Å². The maximum Gasteiger partial charge on any atom is 0.258 e. The monoisotopic (exact) mass is 554 g/mol. The van der Waals surface area contributed by atoms with Crippen molar-refractivity contribution in [2.24, 2.45) is 0 Å². The first-order chi connectivity index (χ1) is 20.0. The molecule has 41 heavy (non-hydrogen) atoms. The first kappa shape index (κ1) is 28.5. The van der Waals surface area contributed by atoms with Gasteiger partial charge in [0.15, 0.2) is 0 Å². The van der Waals surface area contributed by atoms with Crippen molar-refractivity contribution in [2.75, 3.05) is 12.1 Å². The Morgan fingerprint density at radius 2 is 1.61 bits per heavy atom. The Bertz CT molecular complexity index is 1470. The van der Waals surface area contributed by atoms with Gasteiger partial charge in [-0.05, 0) is 59.9 Å². The van der Waals surface area contributed by atoms with E-state index in [1.807, 2.05) is 60.7 Å². The van der Waals surface area contributed by atoms with Gasteiger partial charge in [-0.3, -0.25) is 4.79 Å². The van der Waals surface area contributed by atoms with Crippen LogP contribution in [0.25, 0.3) is 22.4 Å². The molecule has 5 rings (SSSR count). The zero-order valence-electron chi connectivity index (χ0n) is 23.4. The Hall–Kier alpha value is -4.07. The average Bonchev–Trinajstić information content (AvgIpc) is 3.33. The first-order valence-corrected chi connectivity index (χ1v) is 14.1. The molecule has 0 spiro atoms. The fourth-order valence-electron chi connectivity index (χ4n) is 5.62. The van der Waals surface area contributed by atoms with E-state index in [-0.39, 0.29) is 36.6 Å². The summed E-state index contributed by atoms with van der Waals surface area (Å²) in [6, 6.07) is 25.7. The molecule has 2 heterocycles. The number of carbonyl (C=O) groups excluding carboxylic acids is 2. The van der Waals surface area contributed by atoms with Gasteiger partial charge >= 0.3 is 0 Å². The molecule has 1 unspecified atom stereocenters. The minimum Gasteiger partial charge on any atom is -0.352 e. The zero-order valence-corrected chi connectivity index (χ0v) is 23.4. The predicted molar refractivity (Wildman–Crippen MR) is 158 cm³/mol. The third kappa shape index (κ3) is 6.47. The molecule has 1 fully saturated rings. The van der Waals surface area contributed by atoms with Crippen molar-refractivity contribution < 1.29 is 23.5 Å². The second kappa shape index (κ2) is 13.1. The lowest BCUT2D eigenvalue weighted by Crippen LogP contribution is -2.32. The number of anilines is 1. The molecular formula is C34H35FN2O4. The van der Waals surface area contributed by atoms with E-state index in [0.717, 1.165) is 34.4 Å². The predicted octanol–water partition coefficient (Wildman–Crippen LogP) is 7.45. The lowest BCUT2D eigenvalue weighted by atomic mass is 9.94. The molecule has 6 nitrogen and oxygen atoms in total. The van der Waals surface area contributed by atoms with E-state index in [1.54, 1.807) is 12.1 Å². The first-order valence-electron chi connectivity index (χ1n) is 14.1. The van der Waals surface area contributed by atoms with Gasteiger partial charge < -0.3 is 24.2 Å². The molecule has 0 radical (unpaired) electrons. The molecule has 1 amide bonds. The van der Waals surface area contributed by atoms with E-state index in [2.05, 4.69) is 23.7 Å². The summed E-state index contributed by atoms with van der Waals surface area (Å²) < 4.78 is 27.8. The molecule has 1 saturated heterocycles. The Morgan fingerprint density at radius 1 is 0.951 bits per heavy atom. The number of aldehydes is 1. The number of benzene rings is 3. The van der Waals surface area contributed by atoms with Gasteiger partial charge in [0.25, 0.3) is 5.91 Å². The molecule has 1 aromatic heterocycles. The van der Waals surface area contributed by atoms with Crippen LogP contribution in [0, 0.1) is 5.82 Å². The molecule has 212 valence electrons. The molecule has 1 aliphatic heterocycles. The standard InChI is InChI=1S/C34H35FN2O4/c1-23(2)32-31(34(39)36-27-11-7-4-8-12-27)30(24-9-5-3-6-10-24)33(25-13-15-26(35)16-14-25)37(32)19-17-28-21-29(18-20-38)41-22-40-28/h3-16,20,23,28-29H,17-19,21-22H2,1-2H3,(H,36,39)/t28-,29?/m1/s1. The summed E-state index contributed by atoms with van der Waals surface area (Å²) >= 11 is 0. The highest BCUT2D eigenvalue weighted by molar-refractivity contribution is 6.12. The Kier molecular flexibility index (Phi) is 9.07. The number of ether oxygens (including phenoxy) is 2. The molecule has 0 aliphatic carbocycles. The lowest BCUT2D eigenvalue weighted by Gasteiger charge is -2.29. The second-order valence-corrected chi connectivity index (χ2v) is 10.6. The average molecular weight is 555 g/mol. The molecule has 0 bridgehead atoms. The van der Waals surface area contributed by atoms with Crippen molar-refractivity contribution in [1.29, 1.82) is 0 Å². The number of carbonyl (C=O) groups is 2. The molecule has 3 aromatic carbocycles. The van der Waals surface area contributed by atoms with Gasteiger partial charge in [-0.15, -0.1) is 0 Å². The van der Waals surface area contributed by atoms with Gasteiger partial charge in [0.1, 0.15) is 18.9 Å². The van der Waals surface area contributed by atoms with Crippen molar-refractivity contribution in [3.8, 4) is 22.4 Å². The fourth-order valence-corrected chi connectivity index (χ4v) is 5.62. The summed E-state index contributed by atoms with van der Waals surface area (Å²) in [6.07, 6.45) is 2.24. The van der Waals surface area contributed by atoms with Crippen LogP contribution < -0.4 is 5.32 Å². The largest absolute Gasteiger partial charge is 0.352 e. The third-order valence-electron chi connectivity index (χ3n) is 7.46. The number of aromatic nitrogens is 1. The SMILES string of the molecule is CC(C)c1c(C(=O)Nc2ccccc2)c(-c2ccccc2)c(-c2ccc(F)cc2)n1CC[C@@H]1CC(CC=O)OCO1.